The fourth-order valence-electron chi connectivity index (χ4n) is 2.71. The fourth-order valence-corrected chi connectivity index (χ4v) is 3.95. The zero-order valence-electron chi connectivity index (χ0n) is 14.2. The molecule has 0 unspecified atom stereocenters. The van der Waals surface area contributed by atoms with Crippen molar-refractivity contribution >= 4 is 20.9 Å². The van der Waals surface area contributed by atoms with E-state index in [-0.39, 0.29) is 13.2 Å². The summed E-state index contributed by atoms with van der Waals surface area (Å²) in [6, 6.07) is 14.8. The van der Waals surface area contributed by atoms with Crippen molar-refractivity contribution in [2.75, 3.05) is 13.2 Å². The maximum absolute atomic E-state index is 12.4. The third kappa shape index (κ3) is 3.97. The molecule has 0 saturated carbocycles. The summed E-state index contributed by atoms with van der Waals surface area (Å²) >= 11 is 0. The number of nitrogens with zero attached hydrogens (tertiary/aromatic N) is 1. The van der Waals surface area contributed by atoms with Crippen LogP contribution in [0.25, 0.3) is 10.9 Å². The topological polar surface area (TPSA) is 68.3 Å². The first-order valence-electron chi connectivity index (χ1n) is 8.01. The normalized spacial score (nSPS) is 11.6. The summed E-state index contributed by atoms with van der Waals surface area (Å²) in [5.74, 6) is 0.642. The van der Waals surface area contributed by atoms with Crippen LogP contribution >= 0.6 is 0 Å². The first-order chi connectivity index (χ1) is 12.0. The molecule has 0 spiro atoms. The summed E-state index contributed by atoms with van der Waals surface area (Å²) < 4.78 is 33.1. The minimum atomic E-state index is -3.55. The van der Waals surface area contributed by atoms with Gasteiger partial charge in [-0.1, -0.05) is 35.9 Å². The third-order valence-electron chi connectivity index (χ3n) is 3.87. The minimum absolute atomic E-state index is 0.179. The third-order valence-corrected chi connectivity index (χ3v) is 5.49. The Morgan fingerprint density at radius 2 is 1.88 bits per heavy atom. The molecule has 130 valence electrons. The van der Waals surface area contributed by atoms with Crippen LogP contribution in [-0.4, -0.2) is 26.6 Å². The largest absolute Gasteiger partial charge is 0.490 e. The molecule has 3 aromatic rings. The highest BCUT2D eigenvalue weighted by Crippen LogP contribution is 2.22. The number of pyridine rings is 1. The van der Waals surface area contributed by atoms with Gasteiger partial charge in [-0.05, 0) is 37.6 Å². The van der Waals surface area contributed by atoms with Crippen LogP contribution in [0.15, 0.2) is 59.6 Å². The molecule has 0 radical (unpaired) electrons. The second kappa shape index (κ2) is 7.21. The molecule has 5 nitrogen and oxygen atoms in total. The molecule has 0 aliphatic rings. The lowest BCUT2D eigenvalue weighted by atomic mass is 10.2. The van der Waals surface area contributed by atoms with Gasteiger partial charge in [0, 0.05) is 18.1 Å². The number of hydrogen-bond donors (Lipinski definition) is 1. The van der Waals surface area contributed by atoms with Crippen molar-refractivity contribution in [3.05, 3.63) is 65.9 Å². The number of aromatic nitrogens is 1. The van der Waals surface area contributed by atoms with Crippen molar-refractivity contribution < 1.29 is 13.2 Å². The van der Waals surface area contributed by atoms with Crippen LogP contribution in [0.2, 0.25) is 0 Å². The van der Waals surface area contributed by atoms with Crippen molar-refractivity contribution in [2.24, 2.45) is 0 Å². The molecule has 6 heteroatoms. The molecule has 1 aromatic heterocycles. The van der Waals surface area contributed by atoms with Gasteiger partial charge < -0.3 is 4.74 Å². The quantitative estimate of drug-likeness (QED) is 0.689. The van der Waals surface area contributed by atoms with Gasteiger partial charge in [0.05, 0.1) is 4.90 Å². The number of ether oxygens (including phenoxy) is 1. The molecule has 0 aliphatic heterocycles. The Labute approximate surface area is 147 Å². The molecule has 0 aliphatic carbocycles. The zero-order chi connectivity index (χ0) is 17.9. The van der Waals surface area contributed by atoms with E-state index in [1.54, 1.807) is 25.3 Å². The van der Waals surface area contributed by atoms with Crippen LogP contribution in [0.3, 0.4) is 0 Å². The number of aryl methyl sites for hydroxylation is 2. The zero-order valence-corrected chi connectivity index (χ0v) is 15.0. The Balaban J connectivity index is 1.64. The van der Waals surface area contributed by atoms with Gasteiger partial charge in [0.1, 0.15) is 17.9 Å². The predicted molar refractivity (Wildman–Crippen MR) is 98.3 cm³/mol. The van der Waals surface area contributed by atoms with E-state index in [4.69, 9.17) is 4.74 Å². The minimum Gasteiger partial charge on any atom is -0.490 e. The number of para-hydroxylation sites is 1. The SMILES string of the molecule is Cc1ccc(S(=O)(=O)NCCOc2cccc3cccnc23)c(C)c1. The van der Waals surface area contributed by atoms with Gasteiger partial charge >= 0.3 is 0 Å². The average Bonchev–Trinajstić information content (AvgIpc) is 2.58. The highest BCUT2D eigenvalue weighted by Gasteiger charge is 2.16. The number of rotatable bonds is 6. The van der Waals surface area contributed by atoms with Gasteiger partial charge in [-0.2, -0.15) is 0 Å². The van der Waals surface area contributed by atoms with E-state index in [9.17, 15) is 8.42 Å². The first-order valence-corrected chi connectivity index (χ1v) is 9.49. The highest BCUT2D eigenvalue weighted by molar-refractivity contribution is 7.89. The molecular formula is C19H20N2O3S. The van der Waals surface area contributed by atoms with Crippen LogP contribution in [0.1, 0.15) is 11.1 Å². The van der Waals surface area contributed by atoms with E-state index in [1.165, 1.54) is 0 Å². The van der Waals surface area contributed by atoms with Crippen LogP contribution < -0.4 is 9.46 Å². The summed E-state index contributed by atoms with van der Waals surface area (Å²) in [4.78, 5) is 4.61. The molecular weight excluding hydrogens is 336 g/mol. The van der Waals surface area contributed by atoms with Crippen LogP contribution in [0, 0.1) is 13.8 Å². The van der Waals surface area contributed by atoms with Gasteiger partial charge in [0.25, 0.3) is 0 Å². The molecule has 2 aromatic carbocycles. The Morgan fingerprint density at radius 1 is 1.08 bits per heavy atom. The number of sulfonamides is 1. The van der Waals surface area contributed by atoms with E-state index in [0.29, 0.717) is 10.6 Å². The second-order valence-electron chi connectivity index (χ2n) is 5.85. The lowest BCUT2D eigenvalue weighted by Gasteiger charge is -2.11. The van der Waals surface area contributed by atoms with Crippen molar-refractivity contribution in [1.29, 1.82) is 0 Å². The second-order valence-corrected chi connectivity index (χ2v) is 7.58. The summed E-state index contributed by atoms with van der Waals surface area (Å²) in [5.41, 5.74) is 2.53. The van der Waals surface area contributed by atoms with E-state index in [0.717, 1.165) is 22.0 Å². The van der Waals surface area contributed by atoms with Crippen molar-refractivity contribution in [2.45, 2.75) is 18.7 Å². The summed E-state index contributed by atoms with van der Waals surface area (Å²) in [7, 11) is -3.55. The van der Waals surface area contributed by atoms with Gasteiger partial charge in [0.2, 0.25) is 10.0 Å². The highest BCUT2D eigenvalue weighted by atomic mass is 32.2. The summed E-state index contributed by atoms with van der Waals surface area (Å²) in [6.07, 6.45) is 1.71. The molecule has 0 atom stereocenters. The van der Waals surface area contributed by atoms with E-state index in [1.807, 2.05) is 43.3 Å². The molecule has 3 rings (SSSR count). The average molecular weight is 356 g/mol. The molecule has 25 heavy (non-hydrogen) atoms. The number of nitrogens with one attached hydrogen (secondary N) is 1. The fraction of sp³-hybridized carbons (Fsp3) is 0.211. The van der Waals surface area contributed by atoms with Crippen LogP contribution in [-0.2, 0) is 10.0 Å². The molecule has 0 bridgehead atoms. The van der Waals surface area contributed by atoms with Gasteiger partial charge in [-0.15, -0.1) is 0 Å². The Morgan fingerprint density at radius 3 is 2.68 bits per heavy atom. The number of fused-ring (bicyclic) bond motifs is 1. The standard InChI is InChI=1S/C19H20N2O3S/c1-14-8-9-18(15(2)13-14)25(22,23)21-11-12-24-17-7-3-5-16-6-4-10-20-19(16)17/h3-10,13,21H,11-12H2,1-2H3. The van der Waals surface area contributed by atoms with Crippen molar-refractivity contribution in [3.8, 4) is 5.75 Å². The lowest BCUT2D eigenvalue weighted by Crippen LogP contribution is -2.28. The summed E-state index contributed by atoms with van der Waals surface area (Å²) in [5, 5.41) is 0.982. The number of benzene rings is 2. The maximum Gasteiger partial charge on any atom is 0.240 e. The summed E-state index contributed by atoms with van der Waals surface area (Å²) in [6.45, 7) is 4.13. The smallest absolute Gasteiger partial charge is 0.240 e. The molecule has 1 heterocycles. The van der Waals surface area contributed by atoms with Crippen molar-refractivity contribution in [1.82, 2.24) is 9.71 Å². The van der Waals surface area contributed by atoms with E-state index in [2.05, 4.69) is 9.71 Å². The van der Waals surface area contributed by atoms with Gasteiger partial charge in [-0.3, -0.25) is 4.98 Å². The lowest BCUT2D eigenvalue weighted by molar-refractivity contribution is 0.326. The Kier molecular flexibility index (Phi) is 5.01. The molecule has 0 fully saturated rings. The number of hydrogen-bond acceptors (Lipinski definition) is 4. The van der Waals surface area contributed by atoms with Gasteiger partial charge in [0.15, 0.2) is 0 Å². The van der Waals surface area contributed by atoms with E-state index < -0.39 is 10.0 Å². The molecule has 0 saturated heterocycles. The maximum atomic E-state index is 12.4. The molecule has 1 N–H and O–H groups in total. The Hall–Kier alpha value is -2.44. The first kappa shape index (κ1) is 17.4. The van der Waals surface area contributed by atoms with Crippen LogP contribution in [0.4, 0.5) is 0 Å². The van der Waals surface area contributed by atoms with Crippen molar-refractivity contribution in [3.63, 3.8) is 0 Å². The molecule has 0 amide bonds. The van der Waals surface area contributed by atoms with Gasteiger partial charge in [-0.25, -0.2) is 13.1 Å². The Bertz CT molecular complexity index is 995. The monoisotopic (exact) mass is 356 g/mol. The predicted octanol–water partition coefficient (Wildman–Crippen LogP) is 3.21. The van der Waals surface area contributed by atoms with Crippen LogP contribution in [0.5, 0.6) is 5.75 Å². The van der Waals surface area contributed by atoms with E-state index >= 15 is 0 Å².